The Morgan fingerprint density at radius 2 is 1.18 bits per heavy atom. The number of nitrogens with one attached hydrogen (secondary N) is 4. The number of aromatic amines is 2. The average molecular weight is 859 g/mol. The summed E-state index contributed by atoms with van der Waals surface area (Å²) in [5.41, 5.74) is 5.66. The van der Waals surface area contributed by atoms with Gasteiger partial charge in [-0.1, -0.05) is 61.6 Å². The first kappa shape index (κ1) is 41.7. The minimum Gasteiger partial charge on any atom is -0.453 e. The zero-order chi connectivity index (χ0) is 43.4. The molecule has 2 aliphatic rings. The summed E-state index contributed by atoms with van der Waals surface area (Å²) in [4.78, 5) is 72.4. The van der Waals surface area contributed by atoms with Crippen molar-refractivity contribution < 1.29 is 28.7 Å². The predicted molar refractivity (Wildman–Crippen MR) is 231 cm³/mol. The number of hydrogen-bond donors (Lipinski definition) is 4. The third-order valence-electron chi connectivity index (χ3n) is 11.5. The van der Waals surface area contributed by atoms with Crippen molar-refractivity contribution in [2.45, 2.75) is 69.2 Å². The van der Waals surface area contributed by atoms with E-state index in [9.17, 15) is 19.2 Å². The Kier molecular flexibility index (Phi) is 12.0. The fourth-order valence-electron chi connectivity index (χ4n) is 8.41. The summed E-state index contributed by atoms with van der Waals surface area (Å²) >= 11 is 0. The first-order valence-electron chi connectivity index (χ1n) is 20.5. The van der Waals surface area contributed by atoms with Crippen LogP contribution >= 0.6 is 0 Å². The van der Waals surface area contributed by atoms with Gasteiger partial charge in [0, 0.05) is 37.5 Å². The lowest BCUT2D eigenvalue weighted by Crippen LogP contribution is -2.51. The molecule has 322 valence electrons. The number of nitrogens with zero attached hydrogens (tertiary/aromatic N) is 8. The van der Waals surface area contributed by atoms with Gasteiger partial charge < -0.3 is 39.9 Å². The lowest BCUT2D eigenvalue weighted by atomic mass is 10.0. The summed E-state index contributed by atoms with van der Waals surface area (Å²) in [7, 11) is 0.729. The van der Waals surface area contributed by atoms with E-state index in [1.54, 1.807) is 63.6 Å². The lowest BCUT2D eigenvalue weighted by molar-refractivity contribution is -0.135. The maximum absolute atomic E-state index is 14.1. The summed E-state index contributed by atoms with van der Waals surface area (Å²) < 4.78 is 12.9. The number of methoxy groups -OCH3 is 2. The summed E-state index contributed by atoms with van der Waals surface area (Å²) in [5.74, 6) is 0.965. The van der Waals surface area contributed by atoms with Crippen LogP contribution in [0.5, 0.6) is 0 Å². The maximum atomic E-state index is 14.1. The SMILES string of the molecule is COC(=O)N[C@@H](Cn1cccn1)C(=O)N1CCC[C@H]1c1ncc(-c2ccc(-c3ccc(-c4cnc([C@@H]5C[Si](C)(C)CN5C(=O)[C@H](Cn5cccn5)NC(=O)OC)[nH]4)cc3)cc2)[nH]1. The molecule has 6 aromatic rings. The molecule has 19 heteroatoms. The average Bonchev–Trinajstić information content (AvgIpc) is 4.14. The van der Waals surface area contributed by atoms with Gasteiger partial charge in [-0.05, 0) is 53.3 Å². The number of aromatic nitrogens is 8. The molecular formula is C43H50N12O6Si. The molecule has 2 aliphatic heterocycles. The minimum absolute atomic E-state index is 0.171. The van der Waals surface area contributed by atoms with Gasteiger partial charge in [0.15, 0.2) is 0 Å². The Morgan fingerprint density at radius 3 is 1.65 bits per heavy atom. The first-order chi connectivity index (χ1) is 30.0. The van der Waals surface area contributed by atoms with Gasteiger partial charge in [-0.25, -0.2) is 19.6 Å². The van der Waals surface area contributed by atoms with Gasteiger partial charge in [0.2, 0.25) is 11.8 Å². The number of benzene rings is 2. The highest BCUT2D eigenvalue weighted by Crippen LogP contribution is 2.38. The van der Waals surface area contributed by atoms with Crippen LogP contribution in [0.3, 0.4) is 0 Å². The molecule has 0 saturated carbocycles. The van der Waals surface area contributed by atoms with E-state index in [2.05, 4.69) is 68.2 Å². The van der Waals surface area contributed by atoms with Crippen molar-refractivity contribution in [2.24, 2.45) is 0 Å². The summed E-state index contributed by atoms with van der Waals surface area (Å²) in [5, 5.41) is 13.8. The van der Waals surface area contributed by atoms with Crippen molar-refractivity contribution in [1.29, 1.82) is 0 Å². The summed E-state index contributed by atoms with van der Waals surface area (Å²) in [6.07, 6.45) is 11.2. The third kappa shape index (κ3) is 9.16. The molecule has 0 bridgehead atoms. The molecule has 6 heterocycles. The second-order valence-corrected chi connectivity index (χ2v) is 21.4. The molecule has 2 saturated heterocycles. The van der Waals surface area contributed by atoms with E-state index in [-0.39, 0.29) is 37.0 Å². The van der Waals surface area contributed by atoms with E-state index >= 15 is 0 Å². The summed E-state index contributed by atoms with van der Waals surface area (Å²) in [6.45, 7) is 5.40. The molecule has 0 aliphatic carbocycles. The number of likely N-dealkylation sites (tertiary alicyclic amines) is 1. The predicted octanol–water partition coefficient (Wildman–Crippen LogP) is 5.17. The van der Waals surface area contributed by atoms with Crippen LogP contribution in [-0.4, -0.2) is 120 Å². The second kappa shape index (κ2) is 17.9. The van der Waals surface area contributed by atoms with Crippen molar-refractivity contribution in [3.05, 3.63) is 109 Å². The molecular weight excluding hydrogens is 809 g/mol. The zero-order valence-corrected chi connectivity index (χ0v) is 36.0. The van der Waals surface area contributed by atoms with E-state index in [1.807, 2.05) is 29.2 Å². The van der Waals surface area contributed by atoms with E-state index in [0.29, 0.717) is 24.4 Å². The molecule has 0 unspecified atom stereocenters. The molecule has 2 aromatic carbocycles. The third-order valence-corrected chi connectivity index (χ3v) is 14.2. The van der Waals surface area contributed by atoms with Gasteiger partial charge in [0.05, 0.1) is 71.2 Å². The molecule has 4 atom stereocenters. The van der Waals surface area contributed by atoms with Gasteiger partial charge in [0.25, 0.3) is 0 Å². The Labute approximate surface area is 359 Å². The highest BCUT2D eigenvalue weighted by atomic mass is 28.3. The topological polar surface area (TPSA) is 210 Å². The van der Waals surface area contributed by atoms with Crippen LogP contribution in [-0.2, 0) is 32.2 Å². The Balaban J connectivity index is 0.930. The monoisotopic (exact) mass is 858 g/mol. The van der Waals surface area contributed by atoms with Gasteiger partial charge in [0.1, 0.15) is 23.7 Å². The number of alkyl carbamates (subject to hydrolysis) is 2. The van der Waals surface area contributed by atoms with Crippen LogP contribution in [0.2, 0.25) is 19.1 Å². The minimum atomic E-state index is -1.82. The van der Waals surface area contributed by atoms with Crippen molar-refractivity contribution in [3.8, 4) is 33.6 Å². The van der Waals surface area contributed by atoms with Gasteiger partial charge in [-0.15, -0.1) is 0 Å². The number of rotatable bonds is 13. The van der Waals surface area contributed by atoms with Crippen LogP contribution in [0.1, 0.15) is 36.6 Å². The number of imidazole rings is 2. The molecule has 18 nitrogen and oxygen atoms in total. The summed E-state index contributed by atoms with van der Waals surface area (Å²) in [6, 6.07) is 18.6. The zero-order valence-electron chi connectivity index (χ0n) is 35.0. The number of amides is 4. The fourth-order valence-corrected chi connectivity index (χ4v) is 11.3. The number of ether oxygens (including phenoxy) is 2. The molecule has 4 N–H and O–H groups in total. The van der Waals surface area contributed by atoms with E-state index in [1.165, 1.54) is 14.2 Å². The number of carbonyl (C=O) groups is 4. The molecule has 62 heavy (non-hydrogen) atoms. The van der Waals surface area contributed by atoms with Crippen molar-refractivity contribution >= 4 is 32.1 Å². The van der Waals surface area contributed by atoms with Gasteiger partial charge in [-0.3, -0.25) is 19.0 Å². The maximum Gasteiger partial charge on any atom is 0.407 e. The highest BCUT2D eigenvalue weighted by molar-refractivity contribution is 6.78. The largest absolute Gasteiger partial charge is 0.453 e. The van der Waals surface area contributed by atoms with Gasteiger partial charge in [-0.2, -0.15) is 10.2 Å². The van der Waals surface area contributed by atoms with E-state index in [4.69, 9.17) is 19.4 Å². The van der Waals surface area contributed by atoms with Crippen molar-refractivity contribution in [2.75, 3.05) is 26.9 Å². The van der Waals surface area contributed by atoms with Crippen LogP contribution in [0.4, 0.5) is 9.59 Å². The Morgan fingerprint density at radius 1 is 0.710 bits per heavy atom. The normalized spacial score (nSPS) is 18.0. The molecule has 0 radical (unpaired) electrons. The lowest BCUT2D eigenvalue weighted by Gasteiger charge is -2.28. The van der Waals surface area contributed by atoms with E-state index in [0.717, 1.165) is 52.5 Å². The molecule has 2 fully saturated rings. The fraction of sp³-hybridized carbons (Fsp3) is 0.349. The van der Waals surface area contributed by atoms with Crippen LogP contribution < -0.4 is 10.6 Å². The van der Waals surface area contributed by atoms with Crippen LogP contribution in [0, 0.1) is 0 Å². The quantitative estimate of drug-likeness (QED) is 0.112. The number of H-pyrrole nitrogens is 2. The van der Waals surface area contributed by atoms with Gasteiger partial charge >= 0.3 is 12.2 Å². The molecule has 4 amide bonds. The van der Waals surface area contributed by atoms with Crippen LogP contribution in [0.25, 0.3) is 33.6 Å². The van der Waals surface area contributed by atoms with E-state index < -0.39 is 32.3 Å². The molecule has 4 aromatic heterocycles. The Bertz CT molecular complexity index is 2480. The number of hydrogen-bond acceptors (Lipinski definition) is 10. The number of carbonyl (C=O) groups excluding carboxylic acids is 4. The standard InChI is InChI=1S/C43H50N12O6Si/c1-60-42(58)50-34(24-52-19-6-17-46-52)40(56)54-21-5-8-36(54)38-44-22-32(48-38)30-13-9-28(10-14-30)29-11-15-31(16-12-29)33-23-45-39(49-33)37-26-62(3,4)27-55(37)41(57)35(51-43(59)61-2)25-53-20-7-18-47-53/h6-7,9-20,22-23,34-37H,5,8,21,24-27H2,1-4H3,(H,44,48)(H,45,49)(H,50,58)(H,51,59)/t34-,35-,36-,37-/m0/s1. The Hall–Kier alpha value is -7.02. The molecule has 8 rings (SSSR count). The smallest absolute Gasteiger partial charge is 0.407 e. The molecule has 0 spiro atoms. The van der Waals surface area contributed by atoms with Crippen molar-refractivity contribution in [1.82, 2.24) is 59.9 Å². The first-order valence-corrected chi connectivity index (χ1v) is 24.0. The van der Waals surface area contributed by atoms with Crippen LogP contribution in [0.15, 0.2) is 97.8 Å². The highest BCUT2D eigenvalue weighted by Gasteiger charge is 2.45. The van der Waals surface area contributed by atoms with Crippen molar-refractivity contribution in [3.63, 3.8) is 0 Å². The second-order valence-electron chi connectivity index (χ2n) is 16.4.